The standard InChI is InChI=1S/C10H11BNO.2H2O/c13-10(12-7-4-8-12)11-9-5-2-1-3-6-9;;/h1-3,5-6H,4,7-8H2;2*1H2. The first-order valence-corrected chi connectivity index (χ1v) is 4.55. The average molecular weight is 208 g/mol. The summed E-state index contributed by atoms with van der Waals surface area (Å²) in [5.74, 6) is 0.137. The van der Waals surface area contributed by atoms with Gasteiger partial charge in [-0.05, 0) is 6.42 Å². The molecule has 5 heteroatoms. The first-order valence-electron chi connectivity index (χ1n) is 4.55. The number of likely N-dealkylation sites (tertiary alicyclic amines) is 1. The lowest BCUT2D eigenvalue weighted by atomic mass is 9.68. The molecule has 1 fully saturated rings. The third kappa shape index (κ3) is 3.38. The molecule has 0 bridgehead atoms. The number of hydrogen-bond donors (Lipinski definition) is 0. The van der Waals surface area contributed by atoms with Gasteiger partial charge in [0, 0.05) is 13.1 Å². The van der Waals surface area contributed by atoms with Crippen LogP contribution in [-0.4, -0.2) is 42.0 Å². The van der Waals surface area contributed by atoms with E-state index in [9.17, 15) is 4.79 Å². The molecule has 1 radical (unpaired) electrons. The summed E-state index contributed by atoms with van der Waals surface area (Å²) in [7, 11) is 1.69. The molecule has 1 aromatic rings. The van der Waals surface area contributed by atoms with Crippen LogP contribution >= 0.6 is 0 Å². The Labute approximate surface area is 89.8 Å². The van der Waals surface area contributed by atoms with E-state index in [1.54, 1.807) is 7.28 Å². The zero-order valence-corrected chi connectivity index (χ0v) is 8.44. The van der Waals surface area contributed by atoms with Gasteiger partial charge < -0.3 is 15.9 Å². The largest absolute Gasteiger partial charge is 0.412 e. The van der Waals surface area contributed by atoms with Crippen molar-refractivity contribution in [3.63, 3.8) is 0 Å². The summed E-state index contributed by atoms with van der Waals surface area (Å²) in [6.07, 6.45) is 1.15. The third-order valence-corrected chi connectivity index (χ3v) is 2.26. The van der Waals surface area contributed by atoms with Gasteiger partial charge in [0.1, 0.15) is 0 Å². The molecule has 0 aromatic heterocycles. The Morgan fingerprint density at radius 1 is 1.13 bits per heavy atom. The summed E-state index contributed by atoms with van der Waals surface area (Å²) < 4.78 is 0. The van der Waals surface area contributed by atoms with Gasteiger partial charge in [-0.3, -0.25) is 4.79 Å². The van der Waals surface area contributed by atoms with E-state index in [1.165, 1.54) is 0 Å². The highest BCUT2D eigenvalue weighted by Crippen LogP contribution is 2.05. The summed E-state index contributed by atoms with van der Waals surface area (Å²) in [5.41, 5.74) is 0.986. The number of amides is 1. The van der Waals surface area contributed by atoms with Crippen LogP contribution in [0.25, 0.3) is 0 Å². The van der Waals surface area contributed by atoms with Crippen molar-refractivity contribution >= 4 is 18.5 Å². The molecule has 4 N–H and O–H groups in total. The van der Waals surface area contributed by atoms with Gasteiger partial charge in [-0.2, -0.15) is 0 Å². The molecule has 1 saturated heterocycles. The van der Waals surface area contributed by atoms with E-state index in [0.29, 0.717) is 0 Å². The zero-order chi connectivity index (χ0) is 9.10. The molecule has 15 heavy (non-hydrogen) atoms. The van der Waals surface area contributed by atoms with Crippen molar-refractivity contribution in [2.45, 2.75) is 6.42 Å². The lowest BCUT2D eigenvalue weighted by Crippen LogP contribution is -2.46. The molecule has 0 spiro atoms. The van der Waals surface area contributed by atoms with Crippen molar-refractivity contribution < 1.29 is 15.7 Å². The fourth-order valence-corrected chi connectivity index (χ4v) is 1.32. The maximum atomic E-state index is 11.5. The molecule has 0 saturated carbocycles. The van der Waals surface area contributed by atoms with Crippen LogP contribution < -0.4 is 5.46 Å². The van der Waals surface area contributed by atoms with Crippen LogP contribution in [-0.2, 0) is 0 Å². The number of benzene rings is 1. The van der Waals surface area contributed by atoms with Crippen LogP contribution in [0.1, 0.15) is 6.42 Å². The predicted octanol–water partition coefficient (Wildman–Crippen LogP) is -0.808. The van der Waals surface area contributed by atoms with Gasteiger partial charge in [0.05, 0.1) is 0 Å². The van der Waals surface area contributed by atoms with Crippen LogP contribution in [0.5, 0.6) is 0 Å². The van der Waals surface area contributed by atoms with Crippen molar-refractivity contribution in [1.82, 2.24) is 4.90 Å². The van der Waals surface area contributed by atoms with Crippen molar-refractivity contribution in [2.24, 2.45) is 0 Å². The molecule has 1 aliphatic rings. The summed E-state index contributed by atoms with van der Waals surface area (Å²) >= 11 is 0. The highest BCUT2D eigenvalue weighted by molar-refractivity contribution is 6.83. The molecule has 2 rings (SSSR count). The maximum absolute atomic E-state index is 11.5. The molecule has 1 aromatic carbocycles. The molecule has 81 valence electrons. The minimum absolute atomic E-state index is 0. The Kier molecular flexibility index (Phi) is 5.66. The van der Waals surface area contributed by atoms with Gasteiger partial charge in [-0.25, -0.2) is 0 Å². The number of carbonyl (C=O) groups is 1. The summed E-state index contributed by atoms with van der Waals surface area (Å²) in [4.78, 5) is 13.3. The van der Waals surface area contributed by atoms with Gasteiger partial charge in [0.25, 0.3) is 7.28 Å². The molecule has 1 amide bonds. The zero-order valence-electron chi connectivity index (χ0n) is 8.44. The van der Waals surface area contributed by atoms with Crippen molar-refractivity contribution in [1.29, 1.82) is 0 Å². The molecule has 4 nitrogen and oxygen atoms in total. The van der Waals surface area contributed by atoms with Gasteiger partial charge in [-0.1, -0.05) is 35.8 Å². The third-order valence-electron chi connectivity index (χ3n) is 2.26. The SMILES string of the molecule is O.O.O=C([B]c1ccccc1)N1CCC1. The van der Waals surface area contributed by atoms with Gasteiger partial charge >= 0.3 is 0 Å². The van der Waals surface area contributed by atoms with Crippen LogP contribution in [0.4, 0.5) is 4.79 Å². The summed E-state index contributed by atoms with van der Waals surface area (Å²) in [6, 6.07) is 9.71. The molecule has 0 unspecified atom stereocenters. The van der Waals surface area contributed by atoms with Crippen molar-refractivity contribution in [2.75, 3.05) is 13.1 Å². The monoisotopic (exact) mass is 208 g/mol. The average Bonchev–Trinajstić information content (AvgIpc) is 2.02. The van der Waals surface area contributed by atoms with E-state index in [1.807, 2.05) is 35.2 Å². The van der Waals surface area contributed by atoms with Crippen LogP contribution in [0.2, 0.25) is 0 Å². The maximum Gasteiger partial charge on any atom is 0.271 e. The predicted molar refractivity (Wildman–Crippen MR) is 60.6 cm³/mol. The quantitative estimate of drug-likeness (QED) is 0.585. The minimum atomic E-state index is 0. The Hall–Kier alpha value is -1.33. The van der Waals surface area contributed by atoms with Crippen molar-refractivity contribution in [3.8, 4) is 0 Å². The second kappa shape index (κ2) is 6.21. The molecular formula is C10H15BNO3. The number of rotatable bonds is 2. The highest BCUT2D eigenvalue weighted by atomic mass is 16.2. The fraction of sp³-hybridized carbons (Fsp3) is 0.300. The fourth-order valence-electron chi connectivity index (χ4n) is 1.32. The van der Waals surface area contributed by atoms with E-state index in [4.69, 9.17) is 0 Å². The van der Waals surface area contributed by atoms with Crippen LogP contribution in [0, 0.1) is 0 Å². The van der Waals surface area contributed by atoms with E-state index in [2.05, 4.69) is 0 Å². The van der Waals surface area contributed by atoms with E-state index in [0.717, 1.165) is 25.0 Å². The topological polar surface area (TPSA) is 83.3 Å². The van der Waals surface area contributed by atoms with E-state index in [-0.39, 0.29) is 16.8 Å². The minimum Gasteiger partial charge on any atom is -0.412 e. The normalized spacial score (nSPS) is 12.9. The van der Waals surface area contributed by atoms with E-state index >= 15 is 0 Å². The molecule has 0 aliphatic carbocycles. The number of hydrogen-bond acceptors (Lipinski definition) is 1. The molecule has 1 heterocycles. The summed E-state index contributed by atoms with van der Waals surface area (Å²) in [6.45, 7) is 1.84. The van der Waals surface area contributed by atoms with Crippen LogP contribution in [0.3, 0.4) is 0 Å². The first-order chi connectivity index (χ1) is 6.36. The van der Waals surface area contributed by atoms with Crippen LogP contribution in [0.15, 0.2) is 30.3 Å². The number of carbonyl (C=O) groups excluding carboxylic acids is 1. The van der Waals surface area contributed by atoms with Crippen molar-refractivity contribution in [3.05, 3.63) is 30.3 Å². The lowest BCUT2D eigenvalue weighted by molar-refractivity contribution is 0.190. The van der Waals surface area contributed by atoms with E-state index < -0.39 is 0 Å². The Bertz CT molecular complexity index is 301. The molecule has 0 atom stereocenters. The summed E-state index contributed by atoms with van der Waals surface area (Å²) in [5, 5.41) is 0. The Morgan fingerprint density at radius 2 is 1.73 bits per heavy atom. The molecular weight excluding hydrogens is 193 g/mol. The number of nitrogens with zero attached hydrogens (tertiary/aromatic N) is 1. The Morgan fingerprint density at radius 3 is 2.20 bits per heavy atom. The second-order valence-corrected chi connectivity index (χ2v) is 3.23. The Balaban J connectivity index is 0.000000980. The lowest BCUT2D eigenvalue weighted by Gasteiger charge is -2.31. The second-order valence-electron chi connectivity index (χ2n) is 3.23. The smallest absolute Gasteiger partial charge is 0.271 e. The first kappa shape index (κ1) is 13.7. The van der Waals surface area contributed by atoms with Gasteiger partial charge in [-0.15, -0.1) is 0 Å². The van der Waals surface area contributed by atoms with Gasteiger partial charge in [0.15, 0.2) is 5.81 Å². The highest BCUT2D eigenvalue weighted by Gasteiger charge is 2.20. The van der Waals surface area contributed by atoms with Gasteiger partial charge in [0.2, 0.25) is 0 Å². The molecule has 1 aliphatic heterocycles.